The molecule has 11 rings (SSSR count). The van der Waals surface area contributed by atoms with Crippen LogP contribution in [0, 0.1) is 0 Å². The van der Waals surface area contributed by atoms with Gasteiger partial charge in [-0.2, -0.15) is 0 Å². The van der Waals surface area contributed by atoms with E-state index in [4.69, 9.17) is 9.97 Å². The lowest BCUT2D eigenvalue weighted by atomic mass is 9.82. The largest absolute Gasteiger partial charge is 0.278 e. The second-order valence-electron chi connectivity index (χ2n) is 15.0. The summed E-state index contributed by atoms with van der Waals surface area (Å²) in [5.74, 6) is 0.860. The molecular formula is C51H35N3S. The van der Waals surface area contributed by atoms with Crippen molar-refractivity contribution in [2.24, 2.45) is 0 Å². The Morgan fingerprint density at radius 3 is 2.11 bits per heavy atom. The average Bonchev–Trinajstić information content (AvgIpc) is 3.67. The van der Waals surface area contributed by atoms with E-state index in [0.717, 1.165) is 38.9 Å². The first-order valence-corrected chi connectivity index (χ1v) is 19.6. The van der Waals surface area contributed by atoms with E-state index in [9.17, 15) is 0 Å². The van der Waals surface area contributed by atoms with Crippen molar-refractivity contribution >= 4 is 45.9 Å². The molecule has 4 heteroatoms. The van der Waals surface area contributed by atoms with Gasteiger partial charge in [-0.15, -0.1) is 0 Å². The van der Waals surface area contributed by atoms with Crippen LogP contribution in [-0.4, -0.2) is 14.5 Å². The van der Waals surface area contributed by atoms with Gasteiger partial charge >= 0.3 is 0 Å². The Morgan fingerprint density at radius 2 is 1.24 bits per heavy atom. The standard InChI is InChI=1S/C51H35N3S/c1-51(2)44-18-8-5-15-37(44)41-29-42-40-27-34(35-28-43-38-16-6-9-19-46(38)54(50(43)53-31-35)49-21-11-12-26-52-49)25-24-33(40)23-22-32-13-3-4-14-36(32)39-17-7-10-20-47(39)55-48(42)30-45(41)51/h3-31H,1-2H3/b23-22-. The predicted molar refractivity (Wildman–Crippen MR) is 230 cm³/mol. The Balaban J connectivity index is 1.17. The third-order valence-corrected chi connectivity index (χ3v) is 12.7. The molecule has 1 aliphatic heterocycles. The number of hydrogen-bond donors (Lipinski definition) is 0. The van der Waals surface area contributed by atoms with Crippen molar-refractivity contribution in [1.82, 2.24) is 14.5 Å². The van der Waals surface area contributed by atoms with Crippen molar-refractivity contribution in [3.05, 3.63) is 186 Å². The van der Waals surface area contributed by atoms with Crippen LogP contribution in [-0.2, 0) is 5.41 Å². The van der Waals surface area contributed by atoms with Crippen LogP contribution < -0.4 is 0 Å². The van der Waals surface area contributed by atoms with Crippen LogP contribution >= 0.6 is 11.8 Å². The highest BCUT2D eigenvalue weighted by atomic mass is 32.2. The van der Waals surface area contributed by atoms with Crippen molar-refractivity contribution < 1.29 is 0 Å². The zero-order valence-electron chi connectivity index (χ0n) is 30.5. The molecule has 4 heterocycles. The van der Waals surface area contributed by atoms with E-state index in [2.05, 4.69) is 164 Å². The first kappa shape index (κ1) is 32.0. The Kier molecular flexibility index (Phi) is 7.14. The van der Waals surface area contributed by atoms with E-state index in [1.165, 1.54) is 65.4 Å². The Hall–Kier alpha value is -6.49. The third kappa shape index (κ3) is 4.98. The maximum Gasteiger partial charge on any atom is 0.146 e. The highest BCUT2D eigenvalue weighted by Crippen LogP contribution is 2.53. The summed E-state index contributed by atoms with van der Waals surface area (Å²) < 4.78 is 2.16. The summed E-state index contributed by atoms with van der Waals surface area (Å²) in [4.78, 5) is 12.3. The lowest BCUT2D eigenvalue weighted by Crippen LogP contribution is -2.15. The Labute approximate surface area is 324 Å². The van der Waals surface area contributed by atoms with Gasteiger partial charge in [0.2, 0.25) is 0 Å². The molecule has 0 unspecified atom stereocenters. The third-order valence-electron chi connectivity index (χ3n) is 11.6. The molecule has 3 aromatic heterocycles. The van der Waals surface area contributed by atoms with E-state index in [0.29, 0.717) is 0 Å². The highest BCUT2D eigenvalue weighted by molar-refractivity contribution is 7.99. The van der Waals surface area contributed by atoms with Gasteiger partial charge in [-0.25, -0.2) is 9.97 Å². The molecule has 6 aromatic carbocycles. The molecule has 0 N–H and O–H groups in total. The maximum atomic E-state index is 5.14. The Morgan fingerprint density at radius 1 is 0.491 bits per heavy atom. The molecular weight excluding hydrogens is 687 g/mol. The van der Waals surface area contributed by atoms with Crippen LogP contribution in [0.2, 0.25) is 0 Å². The molecule has 55 heavy (non-hydrogen) atoms. The van der Waals surface area contributed by atoms with Crippen molar-refractivity contribution in [2.75, 3.05) is 0 Å². The normalized spacial score (nSPS) is 14.2. The zero-order chi connectivity index (χ0) is 36.7. The van der Waals surface area contributed by atoms with Gasteiger partial charge in [0, 0.05) is 43.9 Å². The minimum atomic E-state index is -0.111. The van der Waals surface area contributed by atoms with E-state index >= 15 is 0 Å². The molecule has 0 spiro atoms. The van der Waals surface area contributed by atoms with E-state index in [1.807, 2.05) is 42.4 Å². The van der Waals surface area contributed by atoms with Gasteiger partial charge in [-0.05, 0) is 110 Å². The number of benzene rings is 6. The van der Waals surface area contributed by atoms with Crippen molar-refractivity contribution in [3.63, 3.8) is 0 Å². The van der Waals surface area contributed by atoms with Crippen molar-refractivity contribution in [3.8, 4) is 50.3 Å². The zero-order valence-corrected chi connectivity index (χ0v) is 31.3. The van der Waals surface area contributed by atoms with E-state index < -0.39 is 0 Å². The minimum absolute atomic E-state index is 0.111. The fourth-order valence-electron chi connectivity index (χ4n) is 8.82. The number of rotatable bonds is 2. The van der Waals surface area contributed by atoms with Gasteiger partial charge in [0.15, 0.2) is 0 Å². The van der Waals surface area contributed by atoms with Gasteiger partial charge in [0.1, 0.15) is 11.5 Å². The summed E-state index contributed by atoms with van der Waals surface area (Å²) in [6.07, 6.45) is 8.44. The number of fused-ring (bicyclic) bond motifs is 12. The number of hydrogen-bond acceptors (Lipinski definition) is 3. The molecule has 9 aromatic rings. The smallest absolute Gasteiger partial charge is 0.146 e. The van der Waals surface area contributed by atoms with Gasteiger partial charge in [-0.1, -0.05) is 141 Å². The summed E-state index contributed by atoms with van der Waals surface area (Å²) in [7, 11) is 0. The molecule has 0 amide bonds. The molecule has 0 atom stereocenters. The fraction of sp³-hybridized carbons (Fsp3) is 0.0588. The van der Waals surface area contributed by atoms with Gasteiger partial charge in [0.05, 0.1) is 5.52 Å². The number of nitrogens with zero attached hydrogens (tertiary/aromatic N) is 3. The van der Waals surface area contributed by atoms with Crippen LogP contribution in [0.15, 0.2) is 174 Å². The second-order valence-corrected chi connectivity index (χ2v) is 16.1. The average molecular weight is 722 g/mol. The van der Waals surface area contributed by atoms with Crippen molar-refractivity contribution in [1.29, 1.82) is 0 Å². The fourth-order valence-corrected chi connectivity index (χ4v) is 9.95. The van der Waals surface area contributed by atoms with Crippen LogP contribution in [0.3, 0.4) is 0 Å². The Bertz CT molecular complexity index is 3040. The lowest BCUT2D eigenvalue weighted by molar-refractivity contribution is 0.659. The van der Waals surface area contributed by atoms with Crippen LogP contribution in [0.4, 0.5) is 0 Å². The topological polar surface area (TPSA) is 30.7 Å². The van der Waals surface area contributed by atoms with E-state index in [-0.39, 0.29) is 5.41 Å². The first-order chi connectivity index (χ1) is 27.0. The van der Waals surface area contributed by atoms with Gasteiger partial charge < -0.3 is 0 Å². The number of para-hydroxylation sites is 1. The second kappa shape index (κ2) is 12.3. The molecule has 0 fully saturated rings. The summed E-state index contributed by atoms with van der Waals surface area (Å²) in [6.45, 7) is 4.74. The summed E-state index contributed by atoms with van der Waals surface area (Å²) in [5, 5.41) is 2.27. The number of aromatic nitrogens is 3. The number of pyridine rings is 2. The highest BCUT2D eigenvalue weighted by Gasteiger charge is 2.36. The van der Waals surface area contributed by atoms with Crippen LogP contribution in [0.5, 0.6) is 0 Å². The molecule has 0 radical (unpaired) electrons. The monoisotopic (exact) mass is 721 g/mol. The van der Waals surface area contributed by atoms with Crippen LogP contribution in [0.1, 0.15) is 36.1 Å². The van der Waals surface area contributed by atoms with Gasteiger partial charge in [0.25, 0.3) is 0 Å². The molecule has 260 valence electrons. The molecule has 0 saturated heterocycles. The predicted octanol–water partition coefficient (Wildman–Crippen LogP) is 13.5. The van der Waals surface area contributed by atoms with E-state index in [1.54, 1.807) is 0 Å². The molecule has 0 saturated carbocycles. The minimum Gasteiger partial charge on any atom is -0.278 e. The maximum absolute atomic E-state index is 5.14. The SMILES string of the molecule is CC1(C)c2ccccc2-c2cc3c(cc21)Sc1ccccc1-c1ccccc1/C=C\c1ccc(-c2cnc4c(c2)c2ccccc2n4-c2ccccn2)cc1-3. The summed E-state index contributed by atoms with van der Waals surface area (Å²) in [6, 6.07) is 55.3. The van der Waals surface area contributed by atoms with Crippen LogP contribution in [0.25, 0.3) is 84.4 Å². The summed E-state index contributed by atoms with van der Waals surface area (Å²) in [5.41, 5.74) is 16.8. The first-order valence-electron chi connectivity index (χ1n) is 18.8. The molecule has 3 nitrogen and oxygen atoms in total. The lowest BCUT2D eigenvalue weighted by Gasteiger charge is -2.23. The quantitative estimate of drug-likeness (QED) is 0.178. The molecule has 1 aliphatic carbocycles. The van der Waals surface area contributed by atoms with Gasteiger partial charge in [-0.3, -0.25) is 4.57 Å². The van der Waals surface area contributed by atoms with Crippen molar-refractivity contribution in [2.45, 2.75) is 29.1 Å². The molecule has 0 bridgehead atoms. The summed E-state index contributed by atoms with van der Waals surface area (Å²) >= 11 is 1.88. The molecule has 2 aliphatic rings.